The minimum absolute atomic E-state index is 0.334. The molecule has 5 atom stereocenters. The summed E-state index contributed by atoms with van der Waals surface area (Å²) in [4.78, 5) is 20.7. The topological polar surface area (TPSA) is 87.9 Å². The van der Waals surface area contributed by atoms with Crippen LogP contribution in [0.5, 0.6) is 0 Å². The van der Waals surface area contributed by atoms with Gasteiger partial charge in [-0.3, -0.25) is 4.79 Å². The van der Waals surface area contributed by atoms with Gasteiger partial charge in [0.15, 0.2) is 32.6 Å². The molecule has 0 amide bonds. The lowest BCUT2D eigenvalue weighted by molar-refractivity contribution is -0.221. The van der Waals surface area contributed by atoms with Gasteiger partial charge in [0.1, 0.15) is 12.1 Å². The zero-order chi connectivity index (χ0) is 23.8. The van der Waals surface area contributed by atoms with Crippen molar-refractivity contribution in [3.8, 4) is 0 Å². The van der Waals surface area contributed by atoms with E-state index in [1.54, 1.807) is 0 Å². The third kappa shape index (κ3) is 9.04. The number of aliphatic imine (C=N–C) groups is 2. The van der Waals surface area contributed by atoms with Crippen molar-refractivity contribution in [2.75, 3.05) is 13.2 Å². The van der Waals surface area contributed by atoms with Crippen LogP contribution in [0.1, 0.15) is 66.2 Å². The number of rotatable bonds is 13. The standard InChI is InChI=1S/C23H42N2O6Si/c1-8-9-10-11-12-13-14-24-16-25-18(15-27-32(5,6)7)19-20(28-17(2)26)21-22(29-19)31-23(3,4)30-21/h18-22H,8-15H2,1-7H3/t18-,19+,20+,21-,22-/m1/s1. The quantitative estimate of drug-likeness (QED) is 0.170. The Hall–Kier alpha value is -1.09. The minimum Gasteiger partial charge on any atom is -0.457 e. The Morgan fingerprint density at radius 2 is 1.81 bits per heavy atom. The molecule has 2 rings (SSSR count). The van der Waals surface area contributed by atoms with E-state index in [2.05, 4.69) is 42.6 Å². The molecule has 0 aromatic heterocycles. The first-order chi connectivity index (χ1) is 15.0. The first-order valence-corrected chi connectivity index (χ1v) is 15.4. The van der Waals surface area contributed by atoms with Gasteiger partial charge in [0, 0.05) is 13.5 Å². The number of fused-ring (bicyclic) bond motifs is 1. The molecule has 8 nitrogen and oxygen atoms in total. The Morgan fingerprint density at radius 1 is 1.12 bits per heavy atom. The van der Waals surface area contributed by atoms with E-state index in [4.69, 9.17) is 23.4 Å². The van der Waals surface area contributed by atoms with E-state index in [1.807, 2.05) is 13.8 Å². The first-order valence-electron chi connectivity index (χ1n) is 12.0. The third-order valence-electron chi connectivity index (χ3n) is 5.31. The lowest BCUT2D eigenvalue weighted by Gasteiger charge is -2.29. The van der Waals surface area contributed by atoms with Crippen LogP contribution in [0, 0.1) is 0 Å². The first kappa shape index (κ1) is 27.2. The van der Waals surface area contributed by atoms with Gasteiger partial charge in [-0.1, -0.05) is 39.0 Å². The molecule has 0 unspecified atom stereocenters. The second-order valence-corrected chi connectivity index (χ2v) is 14.5. The van der Waals surface area contributed by atoms with Crippen LogP contribution in [0.2, 0.25) is 19.6 Å². The van der Waals surface area contributed by atoms with Crippen LogP contribution in [0.3, 0.4) is 0 Å². The fourth-order valence-electron chi connectivity index (χ4n) is 3.82. The Morgan fingerprint density at radius 3 is 2.47 bits per heavy atom. The lowest BCUT2D eigenvalue weighted by atomic mass is 10.0. The molecule has 2 saturated heterocycles. The van der Waals surface area contributed by atoms with E-state index in [0.717, 1.165) is 6.42 Å². The van der Waals surface area contributed by atoms with Crippen molar-refractivity contribution in [3.63, 3.8) is 0 Å². The van der Waals surface area contributed by atoms with Gasteiger partial charge in [0.2, 0.25) is 0 Å². The summed E-state index contributed by atoms with van der Waals surface area (Å²) in [5.74, 6) is -1.20. The van der Waals surface area contributed by atoms with Crippen LogP contribution in [0.25, 0.3) is 0 Å². The molecular formula is C23H42N2O6Si. The molecule has 32 heavy (non-hydrogen) atoms. The molecule has 2 fully saturated rings. The van der Waals surface area contributed by atoms with E-state index in [9.17, 15) is 4.79 Å². The summed E-state index contributed by atoms with van der Waals surface area (Å²) in [6.45, 7) is 14.6. The SMILES string of the molecule is CCCCCCCCN=C=N[C@H](CO[Si](C)(C)C)[C@@H]1O[C@@H]2OC(C)(C)O[C@@H]2[C@H]1OC(C)=O. The zero-order valence-electron chi connectivity index (χ0n) is 20.9. The molecular weight excluding hydrogens is 428 g/mol. The van der Waals surface area contributed by atoms with Crippen molar-refractivity contribution in [1.82, 2.24) is 0 Å². The Bertz CT molecular complexity index is 659. The average molecular weight is 471 g/mol. The molecule has 9 heteroatoms. The molecule has 184 valence electrons. The second-order valence-electron chi connectivity index (χ2n) is 10.0. The van der Waals surface area contributed by atoms with Gasteiger partial charge in [0.05, 0.1) is 12.6 Å². The van der Waals surface area contributed by atoms with Crippen molar-refractivity contribution >= 4 is 20.3 Å². The number of unbranched alkanes of at least 4 members (excludes halogenated alkanes) is 5. The number of nitrogens with zero attached hydrogens (tertiary/aromatic N) is 2. The smallest absolute Gasteiger partial charge is 0.303 e. The Balaban J connectivity index is 2.05. The molecule has 0 aromatic rings. The number of hydrogen-bond acceptors (Lipinski definition) is 8. The number of esters is 1. The van der Waals surface area contributed by atoms with Gasteiger partial charge >= 0.3 is 5.97 Å². The highest BCUT2D eigenvalue weighted by Gasteiger charge is 2.58. The van der Waals surface area contributed by atoms with Gasteiger partial charge in [-0.2, -0.15) is 0 Å². The highest BCUT2D eigenvalue weighted by Crippen LogP contribution is 2.40. The zero-order valence-corrected chi connectivity index (χ0v) is 21.9. The maximum absolute atomic E-state index is 11.8. The summed E-state index contributed by atoms with van der Waals surface area (Å²) in [7, 11) is -1.80. The Labute approximate surface area is 194 Å². The van der Waals surface area contributed by atoms with Crippen molar-refractivity contribution in [2.45, 2.75) is 122 Å². The van der Waals surface area contributed by atoms with Gasteiger partial charge in [-0.25, -0.2) is 9.98 Å². The van der Waals surface area contributed by atoms with E-state index in [1.165, 1.54) is 39.0 Å². The number of carbonyl (C=O) groups excluding carboxylic acids is 1. The van der Waals surface area contributed by atoms with Crippen LogP contribution in [-0.4, -0.2) is 69.9 Å². The maximum Gasteiger partial charge on any atom is 0.303 e. The van der Waals surface area contributed by atoms with Crippen LogP contribution in [0.15, 0.2) is 9.98 Å². The summed E-state index contributed by atoms with van der Waals surface area (Å²) in [6, 6.07) is 2.41. The van der Waals surface area contributed by atoms with Crippen LogP contribution < -0.4 is 0 Å². The number of ether oxygens (including phenoxy) is 4. The van der Waals surface area contributed by atoms with Gasteiger partial charge in [-0.15, -0.1) is 0 Å². The molecule has 0 aliphatic carbocycles. The molecule has 0 radical (unpaired) electrons. The molecule has 0 N–H and O–H groups in total. The van der Waals surface area contributed by atoms with E-state index in [0.29, 0.717) is 13.2 Å². The normalized spacial score (nSPS) is 27.5. The lowest BCUT2D eigenvalue weighted by Crippen LogP contribution is -2.45. The second kappa shape index (κ2) is 12.4. The molecule has 0 bridgehead atoms. The van der Waals surface area contributed by atoms with E-state index < -0.39 is 50.7 Å². The molecule has 2 aliphatic rings. The van der Waals surface area contributed by atoms with Crippen molar-refractivity contribution < 1.29 is 28.2 Å². The fourth-order valence-corrected chi connectivity index (χ4v) is 4.49. The summed E-state index contributed by atoms with van der Waals surface area (Å²) < 4.78 is 29.7. The number of hydrogen-bond donors (Lipinski definition) is 0. The molecule has 0 saturated carbocycles. The van der Waals surface area contributed by atoms with Crippen LogP contribution in [-0.2, 0) is 28.2 Å². The average Bonchev–Trinajstić information content (AvgIpc) is 3.14. The highest BCUT2D eigenvalue weighted by atomic mass is 28.4. The fraction of sp³-hybridized carbons (Fsp3) is 0.913. The van der Waals surface area contributed by atoms with Crippen molar-refractivity contribution in [3.05, 3.63) is 0 Å². The van der Waals surface area contributed by atoms with E-state index in [-0.39, 0.29) is 0 Å². The summed E-state index contributed by atoms with van der Waals surface area (Å²) in [5, 5.41) is 0. The third-order valence-corrected chi connectivity index (χ3v) is 6.35. The summed E-state index contributed by atoms with van der Waals surface area (Å²) >= 11 is 0. The summed E-state index contributed by atoms with van der Waals surface area (Å²) in [5.41, 5.74) is 0. The van der Waals surface area contributed by atoms with Crippen molar-refractivity contribution in [2.24, 2.45) is 9.98 Å². The highest BCUT2D eigenvalue weighted by molar-refractivity contribution is 6.69. The van der Waals surface area contributed by atoms with Gasteiger partial charge in [-0.05, 0) is 39.9 Å². The van der Waals surface area contributed by atoms with Crippen molar-refractivity contribution in [1.29, 1.82) is 0 Å². The molecule has 2 aliphatic heterocycles. The minimum atomic E-state index is -1.80. The predicted octanol–water partition coefficient (Wildman–Crippen LogP) is 4.55. The van der Waals surface area contributed by atoms with Gasteiger partial charge in [0.25, 0.3) is 0 Å². The van der Waals surface area contributed by atoms with Crippen LogP contribution >= 0.6 is 0 Å². The predicted molar refractivity (Wildman–Crippen MR) is 125 cm³/mol. The Kier molecular flexibility index (Phi) is 10.5. The maximum atomic E-state index is 11.8. The van der Waals surface area contributed by atoms with E-state index >= 15 is 0 Å². The molecule has 0 spiro atoms. The molecule has 2 heterocycles. The molecule has 0 aromatic carbocycles. The summed E-state index contributed by atoms with van der Waals surface area (Å²) in [6.07, 6.45) is 4.93. The number of carbonyl (C=O) groups is 1. The van der Waals surface area contributed by atoms with Crippen LogP contribution in [0.4, 0.5) is 0 Å². The largest absolute Gasteiger partial charge is 0.457 e. The monoisotopic (exact) mass is 470 g/mol. The van der Waals surface area contributed by atoms with Gasteiger partial charge < -0.3 is 23.4 Å².